The molecule has 0 N–H and O–H groups in total. The van der Waals surface area contributed by atoms with E-state index in [-0.39, 0.29) is 18.6 Å². The Balaban J connectivity index is 1.61. The summed E-state index contributed by atoms with van der Waals surface area (Å²) in [5, 5.41) is 0. The maximum absolute atomic E-state index is 12.8. The highest BCUT2D eigenvalue weighted by Gasteiger charge is 2.25. The Morgan fingerprint density at radius 3 is 2.52 bits per heavy atom. The first-order valence-electron chi connectivity index (χ1n) is 8.61. The number of rotatable bonds is 4. The van der Waals surface area contributed by atoms with Crippen LogP contribution >= 0.6 is 0 Å². The van der Waals surface area contributed by atoms with E-state index in [1.807, 2.05) is 41.3 Å². The molecule has 2 aliphatic heterocycles. The van der Waals surface area contributed by atoms with E-state index in [4.69, 9.17) is 14.2 Å². The van der Waals surface area contributed by atoms with Crippen molar-refractivity contribution in [1.29, 1.82) is 0 Å². The molecule has 0 unspecified atom stereocenters. The minimum Gasteiger partial charge on any atom is -0.454 e. The molecule has 0 radical (unpaired) electrons. The Bertz CT molecular complexity index is 741. The molecule has 1 atom stereocenters. The fourth-order valence-electron chi connectivity index (χ4n) is 3.36. The molecule has 2 aromatic carbocycles. The Morgan fingerprint density at radius 1 is 0.960 bits per heavy atom. The molecule has 0 bridgehead atoms. The topological polar surface area (TPSA) is 48.0 Å². The SMILES string of the molecule is O=C(C[C@@H](c1ccccc1)c1ccc2c(c1)OCO2)N1CCOCC1. The summed E-state index contributed by atoms with van der Waals surface area (Å²) in [6.45, 7) is 2.82. The van der Waals surface area contributed by atoms with Gasteiger partial charge in [0.1, 0.15) is 0 Å². The number of hydrogen-bond donors (Lipinski definition) is 0. The summed E-state index contributed by atoms with van der Waals surface area (Å²) in [4.78, 5) is 14.7. The van der Waals surface area contributed by atoms with Crippen LogP contribution in [0.2, 0.25) is 0 Å². The number of amides is 1. The number of carbonyl (C=O) groups is 1. The first-order valence-corrected chi connectivity index (χ1v) is 8.61. The minimum atomic E-state index is -0.00829. The van der Waals surface area contributed by atoms with Crippen LogP contribution in [0.3, 0.4) is 0 Å². The summed E-state index contributed by atoms with van der Waals surface area (Å²) in [6, 6.07) is 16.1. The van der Waals surface area contributed by atoms with Crippen LogP contribution in [-0.4, -0.2) is 43.9 Å². The standard InChI is InChI=1S/C20H21NO4/c22-20(21-8-10-23-11-9-21)13-17(15-4-2-1-3-5-15)16-6-7-18-19(12-16)25-14-24-18/h1-7,12,17H,8-11,13-14H2/t17-/m0/s1. The van der Waals surface area contributed by atoms with Gasteiger partial charge in [-0.2, -0.15) is 0 Å². The summed E-state index contributed by atoms with van der Waals surface area (Å²) < 4.78 is 16.3. The molecule has 4 rings (SSSR count). The normalized spacial score (nSPS) is 17.4. The van der Waals surface area contributed by atoms with Crippen LogP contribution in [0, 0.1) is 0 Å². The molecule has 1 fully saturated rings. The third-order valence-electron chi connectivity index (χ3n) is 4.74. The zero-order valence-electron chi connectivity index (χ0n) is 14.0. The first-order chi connectivity index (χ1) is 12.3. The number of nitrogens with zero attached hydrogens (tertiary/aromatic N) is 1. The maximum Gasteiger partial charge on any atom is 0.231 e. The van der Waals surface area contributed by atoms with Crippen LogP contribution in [0.25, 0.3) is 0 Å². The lowest BCUT2D eigenvalue weighted by Gasteiger charge is -2.29. The number of benzene rings is 2. The molecule has 1 saturated heterocycles. The Hall–Kier alpha value is -2.53. The van der Waals surface area contributed by atoms with Gasteiger partial charge >= 0.3 is 0 Å². The third-order valence-corrected chi connectivity index (χ3v) is 4.74. The van der Waals surface area contributed by atoms with E-state index < -0.39 is 0 Å². The highest BCUT2D eigenvalue weighted by Crippen LogP contribution is 2.37. The van der Waals surface area contributed by atoms with E-state index in [1.165, 1.54) is 0 Å². The number of morpholine rings is 1. The third kappa shape index (κ3) is 3.46. The van der Waals surface area contributed by atoms with Gasteiger partial charge in [0, 0.05) is 25.4 Å². The highest BCUT2D eigenvalue weighted by atomic mass is 16.7. The molecule has 0 saturated carbocycles. The van der Waals surface area contributed by atoms with E-state index in [1.54, 1.807) is 0 Å². The van der Waals surface area contributed by atoms with Crippen molar-refractivity contribution in [3.63, 3.8) is 0 Å². The fourth-order valence-corrected chi connectivity index (χ4v) is 3.36. The number of carbonyl (C=O) groups excluding carboxylic acids is 1. The highest BCUT2D eigenvalue weighted by molar-refractivity contribution is 5.78. The number of hydrogen-bond acceptors (Lipinski definition) is 4. The molecule has 130 valence electrons. The quantitative estimate of drug-likeness (QED) is 0.859. The van der Waals surface area contributed by atoms with Crippen LogP contribution in [-0.2, 0) is 9.53 Å². The lowest BCUT2D eigenvalue weighted by atomic mass is 9.88. The number of fused-ring (bicyclic) bond motifs is 1. The van der Waals surface area contributed by atoms with Crippen LogP contribution in [0.4, 0.5) is 0 Å². The van der Waals surface area contributed by atoms with Crippen molar-refractivity contribution < 1.29 is 19.0 Å². The van der Waals surface area contributed by atoms with Gasteiger partial charge in [0.15, 0.2) is 11.5 Å². The molecule has 2 heterocycles. The van der Waals surface area contributed by atoms with E-state index in [0.717, 1.165) is 22.6 Å². The lowest BCUT2D eigenvalue weighted by molar-refractivity contribution is -0.135. The van der Waals surface area contributed by atoms with Gasteiger partial charge in [-0.1, -0.05) is 36.4 Å². The zero-order valence-corrected chi connectivity index (χ0v) is 14.0. The molecular weight excluding hydrogens is 318 g/mol. The fraction of sp³-hybridized carbons (Fsp3) is 0.350. The summed E-state index contributed by atoms with van der Waals surface area (Å²) in [5.74, 6) is 1.66. The molecule has 5 nitrogen and oxygen atoms in total. The average molecular weight is 339 g/mol. The summed E-state index contributed by atoms with van der Waals surface area (Å²) >= 11 is 0. The molecule has 1 amide bonds. The van der Waals surface area contributed by atoms with Gasteiger partial charge in [-0.05, 0) is 23.3 Å². The summed E-state index contributed by atoms with van der Waals surface area (Å²) in [6.07, 6.45) is 0.434. The molecule has 0 spiro atoms. The second-order valence-electron chi connectivity index (χ2n) is 6.27. The average Bonchev–Trinajstić information content (AvgIpc) is 3.15. The molecule has 2 aliphatic rings. The van der Waals surface area contributed by atoms with Gasteiger partial charge in [0.25, 0.3) is 0 Å². The molecule has 0 aromatic heterocycles. The molecular formula is C20H21NO4. The summed E-state index contributed by atoms with van der Waals surface area (Å²) in [5.41, 5.74) is 2.19. The second-order valence-corrected chi connectivity index (χ2v) is 6.27. The van der Waals surface area contributed by atoms with Crippen LogP contribution < -0.4 is 9.47 Å². The predicted octanol–water partition coefficient (Wildman–Crippen LogP) is 2.80. The Kier molecular flexibility index (Phi) is 4.57. The van der Waals surface area contributed by atoms with Gasteiger partial charge in [-0.25, -0.2) is 0 Å². The van der Waals surface area contributed by atoms with Crippen LogP contribution in [0.1, 0.15) is 23.5 Å². The Labute approximate surface area is 147 Å². The summed E-state index contributed by atoms with van der Waals surface area (Å²) in [7, 11) is 0. The Morgan fingerprint density at radius 2 is 1.72 bits per heavy atom. The second kappa shape index (κ2) is 7.15. The largest absolute Gasteiger partial charge is 0.454 e. The van der Waals surface area contributed by atoms with Crippen molar-refractivity contribution in [3.05, 3.63) is 59.7 Å². The van der Waals surface area contributed by atoms with Gasteiger partial charge in [-0.15, -0.1) is 0 Å². The van der Waals surface area contributed by atoms with Crippen molar-refractivity contribution >= 4 is 5.91 Å². The van der Waals surface area contributed by atoms with Gasteiger partial charge in [-0.3, -0.25) is 4.79 Å². The van der Waals surface area contributed by atoms with Gasteiger partial charge < -0.3 is 19.1 Å². The lowest BCUT2D eigenvalue weighted by Crippen LogP contribution is -2.41. The van der Waals surface area contributed by atoms with Crippen molar-refractivity contribution in [2.24, 2.45) is 0 Å². The van der Waals surface area contributed by atoms with Crippen molar-refractivity contribution in [2.45, 2.75) is 12.3 Å². The van der Waals surface area contributed by atoms with Crippen molar-refractivity contribution in [2.75, 3.05) is 33.1 Å². The predicted molar refractivity (Wildman–Crippen MR) is 92.9 cm³/mol. The first kappa shape index (κ1) is 16.0. The van der Waals surface area contributed by atoms with Crippen LogP contribution in [0.5, 0.6) is 11.5 Å². The molecule has 25 heavy (non-hydrogen) atoms. The zero-order chi connectivity index (χ0) is 17.1. The van der Waals surface area contributed by atoms with E-state index in [9.17, 15) is 4.79 Å². The van der Waals surface area contributed by atoms with Gasteiger partial charge in [0.2, 0.25) is 12.7 Å². The monoisotopic (exact) mass is 339 g/mol. The van der Waals surface area contributed by atoms with Crippen molar-refractivity contribution in [3.8, 4) is 11.5 Å². The van der Waals surface area contributed by atoms with E-state index in [2.05, 4.69) is 12.1 Å². The van der Waals surface area contributed by atoms with Gasteiger partial charge in [0.05, 0.1) is 13.2 Å². The smallest absolute Gasteiger partial charge is 0.231 e. The van der Waals surface area contributed by atoms with E-state index in [0.29, 0.717) is 32.7 Å². The molecule has 2 aromatic rings. The minimum absolute atomic E-state index is 0.00829. The van der Waals surface area contributed by atoms with E-state index >= 15 is 0 Å². The molecule has 0 aliphatic carbocycles. The number of ether oxygens (including phenoxy) is 3. The van der Waals surface area contributed by atoms with Crippen LogP contribution in [0.15, 0.2) is 48.5 Å². The molecule has 5 heteroatoms. The van der Waals surface area contributed by atoms with Crippen molar-refractivity contribution in [1.82, 2.24) is 4.90 Å². The maximum atomic E-state index is 12.8.